The summed E-state index contributed by atoms with van der Waals surface area (Å²) in [5.74, 6) is -0.156. The molecule has 3 amide bonds. The van der Waals surface area contributed by atoms with Gasteiger partial charge in [-0.15, -0.1) is 0 Å². The molecular formula is C22H20ClN3O2. The molecule has 0 saturated heterocycles. The van der Waals surface area contributed by atoms with Gasteiger partial charge in [0.25, 0.3) is 5.91 Å². The minimum atomic E-state index is -0.351. The van der Waals surface area contributed by atoms with Crippen molar-refractivity contribution in [2.75, 3.05) is 17.3 Å². The molecule has 0 aliphatic heterocycles. The van der Waals surface area contributed by atoms with Gasteiger partial charge in [-0.2, -0.15) is 0 Å². The minimum Gasteiger partial charge on any atom is -0.334 e. The molecular weight excluding hydrogens is 374 g/mol. The lowest BCUT2D eigenvalue weighted by Gasteiger charge is -2.17. The fourth-order valence-electron chi connectivity index (χ4n) is 2.65. The van der Waals surface area contributed by atoms with Crippen molar-refractivity contribution in [1.29, 1.82) is 0 Å². The molecule has 0 aliphatic rings. The predicted molar refractivity (Wildman–Crippen MR) is 113 cm³/mol. The van der Waals surface area contributed by atoms with E-state index in [9.17, 15) is 9.59 Å². The number of hydrogen-bond donors (Lipinski definition) is 2. The van der Waals surface area contributed by atoms with Crippen molar-refractivity contribution in [3.63, 3.8) is 0 Å². The highest BCUT2D eigenvalue weighted by Crippen LogP contribution is 2.17. The Balaban J connectivity index is 1.61. The van der Waals surface area contributed by atoms with E-state index >= 15 is 0 Å². The molecule has 0 spiro atoms. The Morgan fingerprint density at radius 3 is 2.36 bits per heavy atom. The van der Waals surface area contributed by atoms with E-state index in [-0.39, 0.29) is 11.9 Å². The van der Waals surface area contributed by atoms with Gasteiger partial charge in [0, 0.05) is 35.6 Å². The van der Waals surface area contributed by atoms with E-state index in [2.05, 4.69) is 10.6 Å². The van der Waals surface area contributed by atoms with Crippen LogP contribution >= 0.6 is 11.6 Å². The number of halogens is 1. The summed E-state index contributed by atoms with van der Waals surface area (Å²) in [5.41, 5.74) is 2.77. The summed E-state index contributed by atoms with van der Waals surface area (Å²) in [6.45, 7) is 0.373. The highest BCUT2D eigenvalue weighted by atomic mass is 35.5. The monoisotopic (exact) mass is 393 g/mol. The second-order valence-electron chi connectivity index (χ2n) is 6.21. The zero-order chi connectivity index (χ0) is 19.9. The number of para-hydroxylation sites is 1. The SMILES string of the molecule is CN(C(=O)c1cccc(NC(=O)NCc2ccc(Cl)cc2)c1)c1ccccc1. The summed E-state index contributed by atoms with van der Waals surface area (Å²) in [5, 5.41) is 6.17. The number of carbonyl (C=O) groups excluding carboxylic acids is 2. The van der Waals surface area contributed by atoms with E-state index in [0.29, 0.717) is 22.8 Å². The van der Waals surface area contributed by atoms with Crippen molar-refractivity contribution in [3.05, 3.63) is 95.0 Å². The number of hydrogen-bond acceptors (Lipinski definition) is 2. The van der Waals surface area contributed by atoms with Gasteiger partial charge in [-0.1, -0.05) is 48.0 Å². The Labute approximate surface area is 168 Å². The molecule has 142 valence electrons. The molecule has 0 radical (unpaired) electrons. The fourth-order valence-corrected chi connectivity index (χ4v) is 2.78. The van der Waals surface area contributed by atoms with Crippen LogP contribution in [-0.4, -0.2) is 19.0 Å². The van der Waals surface area contributed by atoms with Gasteiger partial charge in [0.15, 0.2) is 0 Å². The molecule has 3 aromatic carbocycles. The maximum Gasteiger partial charge on any atom is 0.319 e. The van der Waals surface area contributed by atoms with Crippen molar-refractivity contribution in [1.82, 2.24) is 5.32 Å². The molecule has 0 aromatic heterocycles. The van der Waals surface area contributed by atoms with Gasteiger partial charge in [0.2, 0.25) is 0 Å². The predicted octanol–water partition coefficient (Wildman–Crippen LogP) is 4.94. The topological polar surface area (TPSA) is 61.4 Å². The quantitative estimate of drug-likeness (QED) is 0.645. The van der Waals surface area contributed by atoms with Gasteiger partial charge in [0.1, 0.15) is 0 Å². The van der Waals surface area contributed by atoms with E-state index in [4.69, 9.17) is 11.6 Å². The summed E-state index contributed by atoms with van der Waals surface area (Å²) in [4.78, 5) is 26.4. The highest BCUT2D eigenvalue weighted by molar-refractivity contribution is 6.30. The lowest BCUT2D eigenvalue weighted by Crippen LogP contribution is -2.29. The molecule has 6 heteroatoms. The molecule has 28 heavy (non-hydrogen) atoms. The lowest BCUT2D eigenvalue weighted by atomic mass is 10.1. The van der Waals surface area contributed by atoms with Crippen molar-refractivity contribution in [2.24, 2.45) is 0 Å². The van der Waals surface area contributed by atoms with Crippen LogP contribution in [0, 0.1) is 0 Å². The van der Waals surface area contributed by atoms with E-state index in [1.54, 1.807) is 48.3 Å². The molecule has 2 N–H and O–H groups in total. The third-order valence-corrected chi connectivity index (χ3v) is 4.43. The Kier molecular flexibility index (Phi) is 6.29. The van der Waals surface area contributed by atoms with Crippen molar-refractivity contribution >= 4 is 34.9 Å². The van der Waals surface area contributed by atoms with Gasteiger partial charge < -0.3 is 15.5 Å². The molecule has 0 aliphatic carbocycles. The van der Waals surface area contributed by atoms with Crippen LogP contribution in [0.2, 0.25) is 5.02 Å². The fraction of sp³-hybridized carbons (Fsp3) is 0.0909. The number of nitrogens with one attached hydrogen (secondary N) is 2. The Hall–Kier alpha value is -3.31. The first-order valence-corrected chi connectivity index (χ1v) is 9.13. The van der Waals surface area contributed by atoms with Crippen molar-refractivity contribution < 1.29 is 9.59 Å². The van der Waals surface area contributed by atoms with Crippen LogP contribution in [0.4, 0.5) is 16.2 Å². The molecule has 3 aromatic rings. The number of amides is 3. The molecule has 0 bridgehead atoms. The van der Waals surface area contributed by atoms with Crippen LogP contribution in [0.25, 0.3) is 0 Å². The molecule has 3 rings (SSSR count). The first-order chi connectivity index (χ1) is 13.5. The van der Waals surface area contributed by atoms with Crippen LogP contribution in [0.15, 0.2) is 78.9 Å². The van der Waals surface area contributed by atoms with Crippen LogP contribution < -0.4 is 15.5 Å². The summed E-state index contributed by atoms with van der Waals surface area (Å²) in [6, 6.07) is 23.1. The zero-order valence-corrected chi connectivity index (χ0v) is 16.1. The number of benzene rings is 3. The normalized spacial score (nSPS) is 10.2. The molecule has 0 atom stereocenters. The third-order valence-electron chi connectivity index (χ3n) is 4.18. The number of rotatable bonds is 5. The van der Waals surface area contributed by atoms with Gasteiger partial charge in [-0.3, -0.25) is 4.79 Å². The highest BCUT2D eigenvalue weighted by Gasteiger charge is 2.14. The van der Waals surface area contributed by atoms with Crippen molar-refractivity contribution in [2.45, 2.75) is 6.54 Å². The third kappa shape index (κ3) is 5.11. The average molecular weight is 394 g/mol. The van der Waals surface area contributed by atoms with E-state index in [0.717, 1.165) is 11.3 Å². The number of nitrogens with zero attached hydrogens (tertiary/aromatic N) is 1. The second-order valence-corrected chi connectivity index (χ2v) is 6.65. The molecule has 0 saturated carbocycles. The Bertz CT molecular complexity index is 959. The van der Waals surface area contributed by atoms with Gasteiger partial charge in [-0.25, -0.2) is 4.79 Å². The minimum absolute atomic E-state index is 0.156. The maximum atomic E-state index is 12.7. The largest absolute Gasteiger partial charge is 0.334 e. The van der Waals surface area contributed by atoms with E-state index in [1.807, 2.05) is 42.5 Å². The second kappa shape index (κ2) is 9.06. The van der Waals surface area contributed by atoms with Gasteiger partial charge in [-0.05, 0) is 48.0 Å². The summed E-state index contributed by atoms with van der Waals surface area (Å²) >= 11 is 5.85. The van der Waals surface area contributed by atoms with Crippen molar-refractivity contribution in [3.8, 4) is 0 Å². The smallest absolute Gasteiger partial charge is 0.319 e. The summed E-state index contributed by atoms with van der Waals surface area (Å²) < 4.78 is 0. The molecule has 0 fully saturated rings. The summed E-state index contributed by atoms with van der Waals surface area (Å²) in [7, 11) is 1.72. The van der Waals surface area contributed by atoms with Crippen LogP contribution in [-0.2, 0) is 6.54 Å². The molecule has 0 unspecified atom stereocenters. The number of carbonyl (C=O) groups is 2. The first kappa shape index (κ1) is 19.5. The molecule has 0 heterocycles. The van der Waals surface area contributed by atoms with Crippen LogP contribution in [0.1, 0.15) is 15.9 Å². The van der Waals surface area contributed by atoms with Crippen LogP contribution in [0.5, 0.6) is 0 Å². The Morgan fingerprint density at radius 1 is 0.929 bits per heavy atom. The summed E-state index contributed by atoms with van der Waals surface area (Å²) in [6.07, 6.45) is 0. The standard InChI is InChI=1S/C22H20ClN3O2/c1-26(20-8-3-2-4-9-20)21(27)17-6-5-7-19(14-17)25-22(28)24-15-16-10-12-18(23)13-11-16/h2-14H,15H2,1H3,(H2,24,25,28). The van der Waals surface area contributed by atoms with E-state index < -0.39 is 0 Å². The number of urea groups is 1. The first-order valence-electron chi connectivity index (χ1n) is 8.75. The maximum absolute atomic E-state index is 12.7. The number of anilines is 2. The Morgan fingerprint density at radius 2 is 1.64 bits per heavy atom. The molecule has 5 nitrogen and oxygen atoms in total. The van der Waals surface area contributed by atoms with Gasteiger partial charge in [0.05, 0.1) is 0 Å². The van der Waals surface area contributed by atoms with E-state index in [1.165, 1.54) is 0 Å². The average Bonchev–Trinajstić information content (AvgIpc) is 2.73. The van der Waals surface area contributed by atoms with Crippen LogP contribution in [0.3, 0.4) is 0 Å². The lowest BCUT2D eigenvalue weighted by molar-refractivity contribution is 0.0993. The zero-order valence-electron chi connectivity index (χ0n) is 15.4. The van der Waals surface area contributed by atoms with Gasteiger partial charge >= 0.3 is 6.03 Å².